The molecule has 1 saturated heterocycles. The fraction of sp³-hybridized carbons (Fsp3) is 0.412. The Balaban J connectivity index is 1.79. The lowest BCUT2D eigenvalue weighted by Crippen LogP contribution is -2.23. The first-order chi connectivity index (χ1) is 9.66. The highest BCUT2D eigenvalue weighted by Crippen LogP contribution is 2.44. The number of aliphatic imine (C=N–C) groups is 1. The zero-order chi connectivity index (χ0) is 14.1. The average molecular weight is 285 g/mol. The highest BCUT2D eigenvalue weighted by atomic mass is 32.2. The number of allylic oxidation sites excluding steroid dienone is 1. The average Bonchev–Trinajstić information content (AvgIpc) is 2.90. The summed E-state index contributed by atoms with van der Waals surface area (Å²) in [5.74, 6) is 2.16. The molecule has 2 unspecified atom stereocenters. The maximum Gasteiger partial charge on any atom is 0.167 e. The van der Waals surface area contributed by atoms with Crippen molar-refractivity contribution >= 4 is 23.8 Å². The molecule has 0 N–H and O–H groups in total. The third kappa shape index (κ3) is 2.47. The van der Waals surface area contributed by atoms with Crippen LogP contribution in [-0.2, 0) is 0 Å². The molecule has 0 aliphatic carbocycles. The second-order valence-corrected chi connectivity index (χ2v) is 6.86. The van der Waals surface area contributed by atoms with E-state index in [1.807, 2.05) is 24.5 Å². The van der Waals surface area contributed by atoms with Crippen LogP contribution < -0.4 is 0 Å². The van der Waals surface area contributed by atoms with Crippen molar-refractivity contribution in [1.29, 1.82) is 0 Å². The van der Waals surface area contributed by atoms with Crippen LogP contribution in [0.1, 0.15) is 42.1 Å². The Morgan fingerprint density at radius 1 is 1.30 bits per heavy atom. The molecule has 1 aromatic carbocycles. The molecule has 2 heterocycles. The number of nitrogens with zero attached hydrogens (tertiary/aromatic N) is 1. The number of hydrogen-bond donors (Lipinski definition) is 0. The van der Waals surface area contributed by atoms with Gasteiger partial charge in [-0.1, -0.05) is 38.1 Å². The van der Waals surface area contributed by atoms with E-state index in [-0.39, 0.29) is 11.7 Å². The summed E-state index contributed by atoms with van der Waals surface area (Å²) in [6.45, 7) is 4.34. The van der Waals surface area contributed by atoms with Gasteiger partial charge in [0, 0.05) is 40.5 Å². The molecule has 20 heavy (non-hydrogen) atoms. The molecule has 0 saturated carbocycles. The van der Waals surface area contributed by atoms with E-state index in [1.54, 1.807) is 11.8 Å². The Kier molecular flexibility index (Phi) is 3.79. The van der Waals surface area contributed by atoms with Crippen molar-refractivity contribution < 1.29 is 4.79 Å². The van der Waals surface area contributed by atoms with Gasteiger partial charge in [-0.25, -0.2) is 0 Å². The van der Waals surface area contributed by atoms with Gasteiger partial charge in [-0.3, -0.25) is 9.79 Å². The largest absolute Gasteiger partial charge is 0.294 e. The van der Waals surface area contributed by atoms with E-state index in [9.17, 15) is 4.79 Å². The maximum atomic E-state index is 12.7. The van der Waals surface area contributed by atoms with Crippen molar-refractivity contribution in [2.24, 2.45) is 16.8 Å². The first kappa shape index (κ1) is 13.6. The maximum absolute atomic E-state index is 12.7. The molecule has 0 radical (unpaired) electrons. The number of fused-ring (bicyclic) bond motifs is 1. The normalized spacial score (nSPS) is 24.6. The lowest BCUT2D eigenvalue weighted by Gasteiger charge is -2.18. The fourth-order valence-electron chi connectivity index (χ4n) is 2.83. The van der Waals surface area contributed by atoms with Crippen LogP contribution in [0.25, 0.3) is 0 Å². The number of thioether (sulfide) groups is 1. The third-order valence-electron chi connectivity index (χ3n) is 4.15. The predicted molar refractivity (Wildman–Crippen MR) is 85.5 cm³/mol. The number of Topliss-reactive ketones (excluding diaryl/α,β-unsaturated/α-hetero) is 1. The molecular weight excluding hydrogens is 266 g/mol. The van der Waals surface area contributed by atoms with Crippen molar-refractivity contribution in [2.75, 3.05) is 5.75 Å². The molecule has 0 amide bonds. The Morgan fingerprint density at radius 2 is 2.05 bits per heavy atom. The third-order valence-corrected chi connectivity index (χ3v) is 5.41. The number of rotatable bonds is 3. The van der Waals surface area contributed by atoms with Crippen molar-refractivity contribution in [3.05, 3.63) is 46.5 Å². The molecule has 0 bridgehead atoms. The Morgan fingerprint density at radius 3 is 2.75 bits per heavy atom. The summed E-state index contributed by atoms with van der Waals surface area (Å²) >= 11 is 1.79. The van der Waals surface area contributed by atoms with Crippen LogP contribution in [0.5, 0.6) is 0 Å². The minimum Gasteiger partial charge on any atom is -0.294 e. The van der Waals surface area contributed by atoms with E-state index < -0.39 is 0 Å². The summed E-state index contributed by atoms with van der Waals surface area (Å²) in [5.41, 5.74) is 2.14. The molecule has 3 heteroatoms. The number of carbonyl (C=O) groups excluding carboxylic acids is 1. The quantitative estimate of drug-likeness (QED) is 0.775. The fourth-order valence-corrected chi connectivity index (χ4v) is 4.19. The Hall–Kier alpha value is -1.35. The zero-order valence-electron chi connectivity index (χ0n) is 11.9. The van der Waals surface area contributed by atoms with Crippen molar-refractivity contribution in [1.82, 2.24) is 0 Å². The first-order valence-electron chi connectivity index (χ1n) is 7.15. The lowest BCUT2D eigenvalue weighted by atomic mass is 9.84. The minimum absolute atomic E-state index is 0.114. The summed E-state index contributed by atoms with van der Waals surface area (Å²) in [5, 5.41) is 0. The topological polar surface area (TPSA) is 29.4 Å². The molecule has 2 aliphatic rings. The van der Waals surface area contributed by atoms with E-state index in [4.69, 9.17) is 0 Å². The molecule has 0 aromatic heterocycles. The number of ketones is 1. The second kappa shape index (κ2) is 5.57. The predicted octanol–water partition coefficient (Wildman–Crippen LogP) is 4.29. The summed E-state index contributed by atoms with van der Waals surface area (Å²) in [6.07, 6.45) is 4.76. The SMILES string of the molecule is CC(C)c1ccc(C(=O)C2CSC3=CN=CCC32)cc1. The molecule has 2 atom stereocenters. The molecule has 3 rings (SSSR count). The van der Waals surface area contributed by atoms with Gasteiger partial charge in [0.1, 0.15) is 0 Å². The van der Waals surface area contributed by atoms with Crippen molar-refractivity contribution in [3.8, 4) is 0 Å². The highest BCUT2D eigenvalue weighted by Gasteiger charge is 2.37. The van der Waals surface area contributed by atoms with E-state index in [0.29, 0.717) is 11.8 Å². The summed E-state index contributed by atoms with van der Waals surface area (Å²) < 4.78 is 0. The van der Waals surface area contributed by atoms with Gasteiger partial charge in [0.25, 0.3) is 0 Å². The van der Waals surface area contributed by atoms with Gasteiger partial charge in [0.15, 0.2) is 5.78 Å². The molecule has 0 spiro atoms. The highest BCUT2D eigenvalue weighted by molar-refractivity contribution is 8.03. The van der Waals surface area contributed by atoms with Crippen molar-refractivity contribution in [2.45, 2.75) is 26.2 Å². The molecule has 2 nitrogen and oxygen atoms in total. The standard InChI is InChI=1S/C17H19NOS/c1-11(2)12-3-5-13(6-4-12)17(19)15-10-20-16-9-18-8-7-14(15)16/h3-6,8-9,11,14-15H,7,10H2,1-2H3. The van der Waals surface area contributed by atoms with Gasteiger partial charge in [-0.05, 0) is 17.9 Å². The van der Waals surface area contributed by atoms with Gasteiger partial charge < -0.3 is 0 Å². The molecule has 2 aliphatic heterocycles. The molecule has 104 valence electrons. The zero-order valence-corrected chi connectivity index (χ0v) is 12.7. The monoisotopic (exact) mass is 285 g/mol. The van der Waals surface area contributed by atoms with Crippen LogP contribution in [0.4, 0.5) is 0 Å². The lowest BCUT2D eigenvalue weighted by molar-refractivity contribution is 0.0911. The van der Waals surface area contributed by atoms with E-state index >= 15 is 0 Å². The molecule has 1 fully saturated rings. The number of carbonyl (C=O) groups is 1. The van der Waals surface area contributed by atoms with Gasteiger partial charge in [0.2, 0.25) is 0 Å². The van der Waals surface area contributed by atoms with Crippen LogP contribution >= 0.6 is 11.8 Å². The van der Waals surface area contributed by atoms with Gasteiger partial charge >= 0.3 is 0 Å². The van der Waals surface area contributed by atoms with Gasteiger partial charge in [0.05, 0.1) is 0 Å². The van der Waals surface area contributed by atoms with Crippen LogP contribution in [0, 0.1) is 11.8 Å². The summed E-state index contributed by atoms with van der Waals surface area (Å²) in [4.78, 5) is 18.2. The van der Waals surface area contributed by atoms with Crippen LogP contribution in [-0.4, -0.2) is 17.8 Å². The summed E-state index contributed by atoms with van der Waals surface area (Å²) in [7, 11) is 0. The minimum atomic E-state index is 0.114. The summed E-state index contributed by atoms with van der Waals surface area (Å²) in [6, 6.07) is 8.14. The second-order valence-electron chi connectivity index (χ2n) is 5.76. The van der Waals surface area contributed by atoms with Crippen LogP contribution in [0.15, 0.2) is 40.4 Å². The van der Waals surface area contributed by atoms with E-state index in [1.165, 1.54) is 10.5 Å². The first-order valence-corrected chi connectivity index (χ1v) is 8.14. The van der Waals surface area contributed by atoms with Crippen LogP contribution in [0.3, 0.4) is 0 Å². The number of hydrogen-bond acceptors (Lipinski definition) is 3. The Labute approximate surface area is 124 Å². The van der Waals surface area contributed by atoms with E-state index in [0.717, 1.165) is 17.7 Å². The smallest absolute Gasteiger partial charge is 0.167 e. The van der Waals surface area contributed by atoms with Crippen LogP contribution in [0.2, 0.25) is 0 Å². The van der Waals surface area contributed by atoms with Crippen molar-refractivity contribution in [3.63, 3.8) is 0 Å². The number of benzene rings is 1. The van der Waals surface area contributed by atoms with E-state index in [2.05, 4.69) is 31.0 Å². The molecular formula is C17H19NOS. The Bertz CT molecular complexity index is 571. The van der Waals surface area contributed by atoms with Gasteiger partial charge in [-0.15, -0.1) is 11.8 Å². The van der Waals surface area contributed by atoms with Gasteiger partial charge in [-0.2, -0.15) is 0 Å². The molecule has 1 aromatic rings.